The van der Waals surface area contributed by atoms with Gasteiger partial charge in [0.05, 0.1) is 6.61 Å². The molecule has 0 fully saturated rings. The molecule has 0 saturated carbocycles. The molecule has 0 atom stereocenters. The van der Waals surface area contributed by atoms with E-state index in [4.69, 9.17) is 16.3 Å². The summed E-state index contributed by atoms with van der Waals surface area (Å²) in [6, 6.07) is 7.42. The molecule has 0 amide bonds. The fraction of sp³-hybridized carbons (Fsp3) is 0.167. The molecule has 0 spiro atoms. The van der Waals surface area contributed by atoms with Gasteiger partial charge >= 0.3 is 0 Å². The van der Waals surface area contributed by atoms with Crippen molar-refractivity contribution in [3.8, 4) is 11.8 Å². The van der Waals surface area contributed by atoms with E-state index in [1.807, 2.05) is 24.3 Å². The van der Waals surface area contributed by atoms with Crippen LogP contribution in [0.2, 0.25) is 5.02 Å². The minimum atomic E-state index is 0.415. The maximum atomic E-state index is 5.80. The second-order valence-corrected chi connectivity index (χ2v) is 3.05. The Hall–Kier alpha value is -1.23. The number of halogens is 1. The van der Waals surface area contributed by atoms with E-state index >= 15 is 0 Å². The highest BCUT2D eigenvalue weighted by Gasteiger charge is 1.87. The first-order chi connectivity index (χ1) is 6.83. The number of benzene rings is 1. The number of rotatable bonds is 3. The smallest absolute Gasteiger partial charge is 0.108 e. The first kappa shape index (κ1) is 10.8. The molecule has 0 N–H and O–H groups in total. The van der Waals surface area contributed by atoms with Crippen LogP contribution in [-0.2, 0) is 4.74 Å². The summed E-state index contributed by atoms with van der Waals surface area (Å²) >= 11 is 5.80. The zero-order valence-corrected chi connectivity index (χ0v) is 8.55. The van der Waals surface area contributed by atoms with Crippen LogP contribution in [0, 0.1) is 11.8 Å². The van der Waals surface area contributed by atoms with Gasteiger partial charge in [-0.05, 0) is 18.2 Å². The molecule has 1 rings (SSSR count). The molecule has 0 aromatic heterocycles. The second kappa shape index (κ2) is 6.26. The molecule has 72 valence electrons. The summed E-state index contributed by atoms with van der Waals surface area (Å²) in [4.78, 5) is 0. The number of ether oxygens (including phenoxy) is 1. The molecule has 0 aliphatic carbocycles. The van der Waals surface area contributed by atoms with Crippen molar-refractivity contribution in [3.05, 3.63) is 47.5 Å². The topological polar surface area (TPSA) is 9.23 Å². The van der Waals surface area contributed by atoms with Crippen LogP contribution in [0.3, 0.4) is 0 Å². The van der Waals surface area contributed by atoms with E-state index in [0.29, 0.717) is 18.2 Å². The molecule has 2 heteroatoms. The molecular weight excluding hydrogens is 196 g/mol. The van der Waals surface area contributed by atoms with Gasteiger partial charge in [0.15, 0.2) is 0 Å². The Bertz CT molecular complexity index is 360. The van der Waals surface area contributed by atoms with E-state index in [1.165, 1.54) is 0 Å². The SMILES string of the molecule is C=CCOCC#Cc1cccc(Cl)c1. The molecule has 14 heavy (non-hydrogen) atoms. The Morgan fingerprint density at radius 2 is 2.36 bits per heavy atom. The molecule has 0 aliphatic rings. The fourth-order valence-corrected chi connectivity index (χ4v) is 1.09. The van der Waals surface area contributed by atoms with Gasteiger partial charge in [-0.15, -0.1) is 6.58 Å². The Labute approximate surface area is 89.3 Å². The minimum Gasteiger partial charge on any atom is -0.365 e. The lowest BCUT2D eigenvalue weighted by molar-refractivity contribution is 0.199. The van der Waals surface area contributed by atoms with E-state index in [9.17, 15) is 0 Å². The zero-order valence-electron chi connectivity index (χ0n) is 7.79. The molecule has 0 saturated heterocycles. The third-order valence-electron chi connectivity index (χ3n) is 1.47. The van der Waals surface area contributed by atoms with Gasteiger partial charge in [0.1, 0.15) is 6.61 Å². The van der Waals surface area contributed by atoms with Crippen molar-refractivity contribution < 1.29 is 4.74 Å². The summed E-state index contributed by atoms with van der Waals surface area (Å²) in [5.41, 5.74) is 0.903. The molecule has 0 unspecified atom stereocenters. The summed E-state index contributed by atoms with van der Waals surface area (Å²) in [5.74, 6) is 5.84. The molecule has 1 aromatic rings. The number of hydrogen-bond donors (Lipinski definition) is 0. The predicted molar refractivity (Wildman–Crippen MR) is 59.3 cm³/mol. The van der Waals surface area contributed by atoms with Gasteiger partial charge in [0.2, 0.25) is 0 Å². The van der Waals surface area contributed by atoms with Crippen molar-refractivity contribution in [1.29, 1.82) is 0 Å². The standard InChI is InChI=1S/C12H11ClO/c1-2-8-14-9-4-6-11-5-3-7-12(13)10-11/h2-3,5,7,10H,1,8-9H2. The highest BCUT2D eigenvalue weighted by Crippen LogP contribution is 2.09. The van der Waals surface area contributed by atoms with Gasteiger partial charge in [0, 0.05) is 10.6 Å². The summed E-state index contributed by atoms with van der Waals surface area (Å²) in [6.07, 6.45) is 1.70. The van der Waals surface area contributed by atoms with Gasteiger partial charge in [-0.2, -0.15) is 0 Å². The first-order valence-corrected chi connectivity index (χ1v) is 4.64. The Balaban J connectivity index is 2.46. The maximum Gasteiger partial charge on any atom is 0.108 e. The summed E-state index contributed by atoms with van der Waals surface area (Å²) in [7, 11) is 0. The minimum absolute atomic E-state index is 0.415. The monoisotopic (exact) mass is 206 g/mol. The van der Waals surface area contributed by atoms with Gasteiger partial charge in [-0.1, -0.05) is 35.6 Å². The van der Waals surface area contributed by atoms with Crippen LogP contribution in [0.25, 0.3) is 0 Å². The van der Waals surface area contributed by atoms with Gasteiger partial charge < -0.3 is 4.74 Å². The van der Waals surface area contributed by atoms with E-state index in [2.05, 4.69) is 18.4 Å². The Morgan fingerprint density at radius 1 is 1.50 bits per heavy atom. The highest BCUT2D eigenvalue weighted by atomic mass is 35.5. The normalized spacial score (nSPS) is 8.93. The molecule has 1 aromatic carbocycles. The van der Waals surface area contributed by atoms with Crippen LogP contribution in [-0.4, -0.2) is 13.2 Å². The third kappa shape index (κ3) is 4.13. The van der Waals surface area contributed by atoms with E-state index in [1.54, 1.807) is 6.08 Å². The summed E-state index contributed by atoms with van der Waals surface area (Å²) in [6.45, 7) is 4.48. The van der Waals surface area contributed by atoms with Crippen LogP contribution in [0.4, 0.5) is 0 Å². The molecule has 0 radical (unpaired) electrons. The van der Waals surface area contributed by atoms with E-state index in [0.717, 1.165) is 5.56 Å². The average molecular weight is 207 g/mol. The van der Waals surface area contributed by atoms with Crippen molar-refractivity contribution in [2.75, 3.05) is 13.2 Å². The predicted octanol–water partition coefficient (Wildman–Crippen LogP) is 2.89. The van der Waals surface area contributed by atoms with Crippen molar-refractivity contribution in [2.24, 2.45) is 0 Å². The summed E-state index contributed by atoms with van der Waals surface area (Å²) in [5, 5.41) is 0.698. The van der Waals surface area contributed by atoms with Crippen molar-refractivity contribution in [1.82, 2.24) is 0 Å². The second-order valence-electron chi connectivity index (χ2n) is 2.62. The van der Waals surface area contributed by atoms with Crippen LogP contribution in [0.5, 0.6) is 0 Å². The van der Waals surface area contributed by atoms with Crippen LogP contribution < -0.4 is 0 Å². The van der Waals surface area contributed by atoms with Gasteiger partial charge in [-0.25, -0.2) is 0 Å². The molecule has 0 heterocycles. The molecule has 0 aliphatic heterocycles. The third-order valence-corrected chi connectivity index (χ3v) is 1.70. The lowest BCUT2D eigenvalue weighted by atomic mass is 10.2. The zero-order chi connectivity index (χ0) is 10.2. The van der Waals surface area contributed by atoms with Crippen LogP contribution >= 0.6 is 11.6 Å². The Morgan fingerprint density at radius 3 is 3.07 bits per heavy atom. The fourth-order valence-electron chi connectivity index (χ4n) is 0.898. The lowest BCUT2D eigenvalue weighted by Crippen LogP contribution is -1.89. The van der Waals surface area contributed by atoms with Crippen molar-refractivity contribution >= 4 is 11.6 Å². The van der Waals surface area contributed by atoms with E-state index < -0.39 is 0 Å². The number of hydrogen-bond acceptors (Lipinski definition) is 1. The maximum absolute atomic E-state index is 5.80. The van der Waals surface area contributed by atoms with Crippen molar-refractivity contribution in [3.63, 3.8) is 0 Å². The lowest BCUT2D eigenvalue weighted by Gasteiger charge is -1.92. The van der Waals surface area contributed by atoms with Gasteiger partial charge in [-0.3, -0.25) is 0 Å². The largest absolute Gasteiger partial charge is 0.365 e. The Kier molecular flexibility index (Phi) is 4.85. The quantitative estimate of drug-likeness (QED) is 0.420. The van der Waals surface area contributed by atoms with E-state index in [-0.39, 0.29) is 0 Å². The molecular formula is C12H11ClO. The van der Waals surface area contributed by atoms with Crippen molar-refractivity contribution in [2.45, 2.75) is 0 Å². The summed E-state index contributed by atoms with van der Waals surface area (Å²) < 4.78 is 5.11. The molecule has 0 bridgehead atoms. The highest BCUT2D eigenvalue weighted by molar-refractivity contribution is 6.30. The van der Waals surface area contributed by atoms with Crippen LogP contribution in [0.15, 0.2) is 36.9 Å². The molecule has 1 nitrogen and oxygen atoms in total. The average Bonchev–Trinajstić information content (AvgIpc) is 2.18. The van der Waals surface area contributed by atoms with Gasteiger partial charge in [0.25, 0.3) is 0 Å². The first-order valence-electron chi connectivity index (χ1n) is 4.26. The van der Waals surface area contributed by atoms with Crippen LogP contribution in [0.1, 0.15) is 5.56 Å².